The van der Waals surface area contributed by atoms with Gasteiger partial charge in [0.1, 0.15) is 5.52 Å². The number of fused-ring (bicyclic) bond motifs is 2. The molecule has 0 atom stereocenters. The molecule has 88 valence electrons. The maximum absolute atomic E-state index is 5.82. The molecule has 0 saturated carbocycles. The molecule has 0 saturated heterocycles. The summed E-state index contributed by atoms with van der Waals surface area (Å²) in [7, 11) is 0. The summed E-state index contributed by atoms with van der Waals surface area (Å²) in [5.74, 6) is 0. The molecule has 0 spiro atoms. The lowest BCUT2D eigenvalue weighted by atomic mass is 10.2. The van der Waals surface area contributed by atoms with Crippen molar-refractivity contribution in [2.45, 2.75) is 6.42 Å². The predicted octanol–water partition coefficient (Wildman–Crippen LogP) is 3.52. The van der Waals surface area contributed by atoms with Crippen LogP contribution < -0.4 is 4.90 Å². The van der Waals surface area contributed by atoms with E-state index >= 15 is 0 Å². The highest BCUT2D eigenvalue weighted by Gasteiger charge is 2.23. The van der Waals surface area contributed by atoms with Gasteiger partial charge in [-0.1, -0.05) is 30.3 Å². The van der Waals surface area contributed by atoms with E-state index in [0.29, 0.717) is 6.01 Å². The molecule has 3 nitrogen and oxygen atoms in total. The molecule has 18 heavy (non-hydrogen) atoms. The molecular formula is C15H12N2O. The minimum absolute atomic E-state index is 0.696. The van der Waals surface area contributed by atoms with Crippen molar-refractivity contribution in [3.8, 4) is 0 Å². The molecule has 0 N–H and O–H groups in total. The van der Waals surface area contributed by atoms with Crippen LogP contribution in [0.3, 0.4) is 0 Å². The van der Waals surface area contributed by atoms with Crippen LogP contribution in [-0.2, 0) is 6.42 Å². The summed E-state index contributed by atoms with van der Waals surface area (Å²) < 4.78 is 5.82. The third-order valence-electron chi connectivity index (χ3n) is 3.40. The Bertz CT molecular complexity index is 684. The first-order valence-corrected chi connectivity index (χ1v) is 6.13. The lowest BCUT2D eigenvalue weighted by Gasteiger charge is -2.13. The van der Waals surface area contributed by atoms with Crippen LogP contribution >= 0.6 is 0 Å². The van der Waals surface area contributed by atoms with Crippen LogP contribution in [0.25, 0.3) is 11.1 Å². The molecule has 3 heteroatoms. The Balaban J connectivity index is 1.85. The highest BCUT2D eigenvalue weighted by Crippen LogP contribution is 2.34. The summed E-state index contributed by atoms with van der Waals surface area (Å²) in [5.41, 5.74) is 4.33. The topological polar surface area (TPSA) is 29.3 Å². The average Bonchev–Trinajstić information content (AvgIpc) is 3.02. The minimum Gasteiger partial charge on any atom is -0.423 e. The van der Waals surface area contributed by atoms with E-state index in [0.717, 1.165) is 24.1 Å². The van der Waals surface area contributed by atoms with Gasteiger partial charge in [-0.15, -0.1) is 0 Å². The lowest BCUT2D eigenvalue weighted by Crippen LogP contribution is -2.13. The lowest BCUT2D eigenvalue weighted by molar-refractivity contribution is 0.597. The molecule has 0 amide bonds. The molecule has 3 aromatic rings. The molecule has 1 aliphatic heterocycles. The molecule has 0 radical (unpaired) electrons. The van der Waals surface area contributed by atoms with Gasteiger partial charge in [-0.25, -0.2) is 0 Å². The van der Waals surface area contributed by atoms with E-state index in [-0.39, 0.29) is 0 Å². The third kappa shape index (κ3) is 1.34. The summed E-state index contributed by atoms with van der Waals surface area (Å²) in [6, 6.07) is 17.0. The standard InChI is InChI=1S/C15H12N2O/c1-3-7-13-11(5-1)9-10-17(13)15-16-12-6-2-4-8-14(12)18-15/h1-8H,9-10H2. The summed E-state index contributed by atoms with van der Waals surface area (Å²) in [4.78, 5) is 6.70. The Labute approximate surface area is 105 Å². The fourth-order valence-corrected chi connectivity index (χ4v) is 2.51. The van der Waals surface area contributed by atoms with Crippen LogP contribution in [0.1, 0.15) is 5.56 Å². The molecule has 0 bridgehead atoms. The van der Waals surface area contributed by atoms with E-state index in [1.165, 1.54) is 11.3 Å². The minimum atomic E-state index is 0.696. The number of nitrogens with zero attached hydrogens (tertiary/aromatic N) is 2. The molecule has 0 fully saturated rings. The SMILES string of the molecule is c1ccc2c(c1)CCN2c1nc2ccccc2o1. The number of para-hydroxylation sites is 3. The van der Waals surface area contributed by atoms with E-state index in [1.807, 2.05) is 24.3 Å². The zero-order valence-corrected chi connectivity index (χ0v) is 9.84. The maximum Gasteiger partial charge on any atom is 0.303 e. The smallest absolute Gasteiger partial charge is 0.303 e. The number of hydrogen-bond acceptors (Lipinski definition) is 3. The third-order valence-corrected chi connectivity index (χ3v) is 3.40. The molecule has 2 aromatic carbocycles. The summed E-state index contributed by atoms with van der Waals surface area (Å²) in [5, 5.41) is 0. The molecule has 0 unspecified atom stereocenters. The largest absolute Gasteiger partial charge is 0.423 e. The second kappa shape index (κ2) is 3.60. The number of benzene rings is 2. The summed E-state index contributed by atoms with van der Waals surface area (Å²) >= 11 is 0. The van der Waals surface area contributed by atoms with Crippen molar-refractivity contribution in [2.75, 3.05) is 11.4 Å². The van der Waals surface area contributed by atoms with Gasteiger partial charge in [0.2, 0.25) is 0 Å². The summed E-state index contributed by atoms with van der Waals surface area (Å²) in [6.07, 6.45) is 1.05. The molecule has 2 heterocycles. The van der Waals surface area contributed by atoms with Crippen LogP contribution in [0.4, 0.5) is 11.7 Å². The maximum atomic E-state index is 5.82. The molecule has 1 aliphatic rings. The van der Waals surface area contributed by atoms with Gasteiger partial charge in [-0.05, 0) is 30.2 Å². The quantitative estimate of drug-likeness (QED) is 0.647. The highest BCUT2D eigenvalue weighted by molar-refractivity contribution is 5.76. The van der Waals surface area contributed by atoms with Gasteiger partial charge >= 0.3 is 6.01 Å². The Hall–Kier alpha value is -2.29. The van der Waals surface area contributed by atoms with Crippen molar-refractivity contribution in [3.05, 3.63) is 54.1 Å². The van der Waals surface area contributed by atoms with Gasteiger partial charge in [-0.3, -0.25) is 4.90 Å². The monoisotopic (exact) mass is 236 g/mol. The van der Waals surface area contributed by atoms with Crippen molar-refractivity contribution in [1.82, 2.24) is 4.98 Å². The van der Waals surface area contributed by atoms with Gasteiger partial charge in [-0.2, -0.15) is 4.98 Å². The van der Waals surface area contributed by atoms with Crippen LogP contribution in [0, 0.1) is 0 Å². The molecule has 4 rings (SSSR count). The van der Waals surface area contributed by atoms with Gasteiger partial charge in [0.05, 0.1) is 0 Å². The van der Waals surface area contributed by atoms with Crippen LogP contribution in [0.5, 0.6) is 0 Å². The van der Waals surface area contributed by atoms with E-state index in [2.05, 4.69) is 34.1 Å². The molecular weight excluding hydrogens is 224 g/mol. The first-order valence-electron chi connectivity index (χ1n) is 6.13. The second-order valence-corrected chi connectivity index (χ2v) is 4.49. The van der Waals surface area contributed by atoms with Gasteiger partial charge in [0.25, 0.3) is 0 Å². The number of oxazole rings is 1. The van der Waals surface area contributed by atoms with Crippen LogP contribution in [-0.4, -0.2) is 11.5 Å². The Morgan fingerprint density at radius 1 is 1.00 bits per heavy atom. The highest BCUT2D eigenvalue weighted by atomic mass is 16.4. The fourth-order valence-electron chi connectivity index (χ4n) is 2.51. The number of rotatable bonds is 1. The fraction of sp³-hybridized carbons (Fsp3) is 0.133. The van der Waals surface area contributed by atoms with Crippen LogP contribution in [0.15, 0.2) is 52.9 Å². The van der Waals surface area contributed by atoms with Crippen molar-refractivity contribution in [3.63, 3.8) is 0 Å². The first kappa shape index (κ1) is 9.71. The zero-order valence-electron chi connectivity index (χ0n) is 9.84. The number of aromatic nitrogens is 1. The van der Waals surface area contributed by atoms with Gasteiger partial charge in [0, 0.05) is 12.2 Å². The van der Waals surface area contributed by atoms with Crippen LogP contribution in [0.2, 0.25) is 0 Å². The van der Waals surface area contributed by atoms with E-state index in [9.17, 15) is 0 Å². The van der Waals surface area contributed by atoms with E-state index in [1.54, 1.807) is 0 Å². The first-order chi connectivity index (χ1) is 8.92. The number of anilines is 2. The van der Waals surface area contributed by atoms with Crippen molar-refractivity contribution < 1.29 is 4.42 Å². The second-order valence-electron chi connectivity index (χ2n) is 4.49. The summed E-state index contributed by atoms with van der Waals surface area (Å²) in [6.45, 7) is 0.937. The van der Waals surface area contributed by atoms with E-state index < -0.39 is 0 Å². The van der Waals surface area contributed by atoms with Gasteiger partial charge < -0.3 is 4.42 Å². The molecule has 0 aliphatic carbocycles. The Morgan fingerprint density at radius 2 is 1.83 bits per heavy atom. The van der Waals surface area contributed by atoms with Crippen molar-refractivity contribution in [1.29, 1.82) is 0 Å². The predicted molar refractivity (Wildman–Crippen MR) is 71.2 cm³/mol. The van der Waals surface area contributed by atoms with E-state index in [4.69, 9.17) is 4.42 Å². The van der Waals surface area contributed by atoms with Gasteiger partial charge in [0.15, 0.2) is 5.58 Å². The normalized spacial score (nSPS) is 14.1. The average molecular weight is 236 g/mol. The van der Waals surface area contributed by atoms with Crippen molar-refractivity contribution >= 4 is 22.8 Å². The Morgan fingerprint density at radius 3 is 2.78 bits per heavy atom. The molecule has 1 aromatic heterocycles. The number of hydrogen-bond donors (Lipinski definition) is 0. The van der Waals surface area contributed by atoms with Crippen molar-refractivity contribution in [2.24, 2.45) is 0 Å². The Kier molecular flexibility index (Phi) is 1.94. The zero-order chi connectivity index (χ0) is 11.9.